The van der Waals surface area contributed by atoms with E-state index < -0.39 is 0 Å². The van der Waals surface area contributed by atoms with Crippen molar-refractivity contribution in [3.8, 4) is 5.69 Å². The molecule has 0 saturated carbocycles. The Hall–Kier alpha value is -1.83. The fraction of sp³-hybridized carbons (Fsp3) is 0.154. The molecule has 76 valence electrons. The highest BCUT2D eigenvalue weighted by molar-refractivity contribution is 5.39. The number of hydrogen-bond acceptors (Lipinski definition) is 1. The minimum atomic E-state index is 0.000697. The number of rotatable bonds is 1. The van der Waals surface area contributed by atoms with Gasteiger partial charge in [-0.05, 0) is 43.2 Å². The molecule has 2 rings (SSSR count). The van der Waals surface area contributed by atoms with E-state index in [1.54, 1.807) is 22.9 Å². The van der Waals surface area contributed by atoms with E-state index in [2.05, 4.69) is 6.92 Å². The molecule has 0 amide bonds. The van der Waals surface area contributed by atoms with Crippen molar-refractivity contribution in [1.29, 1.82) is 0 Å². The lowest BCUT2D eigenvalue weighted by molar-refractivity contribution is 0.986. The van der Waals surface area contributed by atoms with Crippen molar-refractivity contribution in [2.24, 2.45) is 0 Å². The zero-order valence-corrected chi connectivity index (χ0v) is 8.90. The second-order valence-corrected chi connectivity index (χ2v) is 3.68. The second kappa shape index (κ2) is 3.73. The molecule has 0 fully saturated rings. The normalized spacial score (nSPS) is 10.3. The Balaban J connectivity index is 2.60. The molecule has 1 aromatic carbocycles. The van der Waals surface area contributed by atoms with Crippen LogP contribution in [-0.2, 0) is 0 Å². The minimum absolute atomic E-state index is 0.000697. The molecule has 2 heteroatoms. The molecule has 0 aliphatic carbocycles. The van der Waals surface area contributed by atoms with Gasteiger partial charge in [0.25, 0.3) is 5.56 Å². The predicted octanol–water partition coefficient (Wildman–Crippen LogP) is 2.45. The molecule has 2 aromatic rings. The zero-order valence-electron chi connectivity index (χ0n) is 8.90. The van der Waals surface area contributed by atoms with E-state index in [9.17, 15) is 4.79 Å². The Morgan fingerprint density at radius 2 is 1.80 bits per heavy atom. The van der Waals surface area contributed by atoms with Crippen LogP contribution in [0, 0.1) is 13.8 Å². The molecular formula is C13H13NO. The summed E-state index contributed by atoms with van der Waals surface area (Å²) in [5, 5.41) is 0. The molecule has 0 unspecified atom stereocenters. The van der Waals surface area contributed by atoms with Gasteiger partial charge >= 0.3 is 0 Å². The Morgan fingerprint density at radius 1 is 1.00 bits per heavy atom. The molecule has 0 aliphatic rings. The first-order valence-electron chi connectivity index (χ1n) is 4.94. The van der Waals surface area contributed by atoms with Gasteiger partial charge in [0.1, 0.15) is 0 Å². The topological polar surface area (TPSA) is 22.0 Å². The van der Waals surface area contributed by atoms with Crippen LogP contribution in [0.5, 0.6) is 0 Å². The molecular weight excluding hydrogens is 186 g/mol. The summed E-state index contributed by atoms with van der Waals surface area (Å²) in [6.45, 7) is 4.11. The summed E-state index contributed by atoms with van der Waals surface area (Å²) in [7, 11) is 0. The van der Waals surface area contributed by atoms with Gasteiger partial charge in [0.05, 0.1) is 0 Å². The molecule has 0 aliphatic heterocycles. The molecule has 2 nitrogen and oxygen atoms in total. The standard InChI is InChI=1S/C13H13NO/c1-10-6-7-12(9-11(10)2)14-8-4-3-5-13(14)15/h3-9H,1-2H3. The minimum Gasteiger partial charge on any atom is -0.284 e. The summed E-state index contributed by atoms with van der Waals surface area (Å²) >= 11 is 0. The van der Waals surface area contributed by atoms with Gasteiger partial charge in [-0.1, -0.05) is 12.1 Å². The third-order valence-corrected chi connectivity index (χ3v) is 2.59. The van der Waals surface area contributed by atoms with E-state index in [1.807, 2.05) is 31.2 Å². The number of benzene rings is 1. The van der Waals surface area contributed by atoms with E-state index in [4.69, 9.17) is 0 Å². The van der Waals surface area contributed by atoms with E-state index in [1.165, 1.54) is 11.1 Å². The van der Waals surface area contributed by atoms with Crippen molar-refractivity contribution in [2.75, 3.05) is 0 Å². The molecule has 1 aromatic heterocycles. The fourth-order valence-corrected chi connectivity index (χ4v) is 1.52. The van der Waals surface area contributed by atoms with Crippen molar-refractivity contribution >= 4 is 0 Å². The lowest BCUT2D eigenvalue weighted by Crippen LogP contribution is -2.15. The number of pyridine rings is 1. The molecule has 0 N–H and O–H groups in total. The fourth-order valence-electron chi connectivity index (χ4n) is 1.52. The number of hydrogen-bond donors (Lipinski definition) is 0. The van der Waals surface area contributed by atoms with Crippen molar-refractivity contribution in [1.82, 2.24) is 4.57 Å². The van der Waals surface area contributed by atoms with Gasteiger partial charge in [-0.25, -0.2) is 0 Å². The third kappa shape index (κ3) is 1.84. The van der Waals surface area contributed by atoms with Crippen LogP contribution in [0.15, 0.2) is 47.4 Å². The van der Waals surface area contributed by atoms with Crippen molar-refractivity contribution in [2.45, 2.75) is 13.8 Å². The highest BCUT2D eigenvalue weighted by Crippen LogP contribution is 2.12. The average Bonchev–Trinajstić information content (AvgIpc) is 2.23. The number of nitrogens with zero attached hydrogens (tertiary/aromatic N) is 1. The SMILES string of the molecule is Cc1ccc(-n2ccccc2=O)cc1C. The Morgan fingerprint density at radius 3 is 2.47 bits per heavy atom. The van der Waals surface area contributed by atoms with E-state index >= 15 is 0 Å². The van der Waals surface area contributed by atoms with Gasteiger partial charge < -0.3 is 0 Å². The summed E-state index contributed by atoms with van der Waals surface area (Å²) in [4.78, 5) is 11.6. The Labute approximate surface area is 88.8 Å². The smallest absolute Gasteiger partial charge is 0.255 e. The van der Waals surface area contributed by atoms with Crippen LogP contribution in [0.4, 0.5) is 0 Å². The highest BCUT2D eigenvalue weighted by atomic mass is 16.1. The van der Waals surface area contributed by atoms with E-state index in [0.29, 0.717) is 0 Å². The van der Waals surface area contributed by atoms with E-state index in [0.717, 1.165) is 5.69 Å². The summed E-state index contributed by atoms with van der Waals surface area (Å²) in [6, 6.07) is 11.2. The summed E-state index contributed by atoms with van der Waals surface area (Å²) in [6.07, 6.45) is 1.78. The molecule has 0 radical (unpaired) electrons. The average molecular weight is 199 g/mol. The maximum absolute atomic E-state index is 11.6. The number of aryl methyl sites for hydroxylation is 2. The molecule has 0 atom stereocenters. The van der Waals surface area contributed by atoms with E-state index in [-0.39, 0.29) is 5.56 Å². The molecule has 15 heavy (non-hydrogen) atoms. The zero-order chi connectivity index (χ0) is 10.8. The van der Waals surface area contributed by atoms with Crippen LogP contribution >= 0.6 is 0 Å². The van der Waals surface area contributed by atoms with Gasteiger partial charge in [-0.3, -0.25) is 9.36 Å². The quantitative estimate of drug-likeness (QED) is 0.691. The van der Waals surface area contributed by atoms with Gasteiger partial charge in [0.2, 0.25) is 0 Å². The van der Waals surface area contributed by atoms with Crippen LogP contribution in [0.2, 0.25) is 0 Å². The lowest BCUT2D eigenvalue weighted by Gasteiger charge is -2.07. The maximum Gasteiger partial charge on any atom is 0.255 e. The Kier molecular flexibility index (Phi) is 2.42. The third-order valence-electron chi connectivity index (χ3n) is 2.59. The summed E-state index contributed by atoms with van der Waals surface area (Å²) in [5.74, 6) is 0. The highest BCUT2D eigenvalue weighted by Gasteiger charge is 1.99. The second-order valence-electron chi connectivity index (χ2n) is 3.68. The predicted molar refractivity (Wildman–Crippen MR) is 61.5 cm³/mol. The van der Waals surface area contributed by atoms with Gasteiger partial charge in [-0.15, -0.1) is 0 Å². The van der Waals surface area contributed by atoms with Crippen LogP contribution < -0.4 is 5.56 Å². The van der Waals surface area contributed by atoms with Crippen molar-refractivity contribution < 1.29 is 0 Å². The first-order valence-corrected chi connectivity index (χ1v) is 4.94. The van der Waals surface area contributed by atoms with Gasteiger partial charge in [0.15, 0.2) is 0 Å². The van der Waals surface area contributed by atoms with Crippen LogP contribution in [0.3, 0.4) is 0 Å². The van der Waals surface area contributed by atoms with Crippen LogP contribution in [0.1, 0.15) is 11.1 Å². The van der Waals surface area contributed by atoms with Crippen LogP contribution in [-0.4, -0.2) is 4.57 Å². The van der Waals surface area contributed by atoms with Gasteiger partial charge in [0, 0.05) is 18.0 Å². The molecule has 0 saturated heterocycles. The first kappa shape index (κ1) is 9.71. The Bertz CT molecular complexity index is 540. The molecule has 0 bridgehead atoms. The maximum atomic E-state index is 11.6. The van der Waals surface area contributed by atoms with Crippen LogP contribution in [0.25, 0.3) is 5.69 Å². The van der Waals surface area contributed by atoms with Gasteiger partial charge in [-0.2, -0.15) is 0 Å². The molecule has 0 spiro atoms. The van der Waals surface area contributed by atoms with Crippen molar-refractivity contribution in [3.05, 3.63) is 64.1 Å². The number of aromatic nitrogens is 1. The van der Waals surface area contributed by atoms with Crippen molar-refractivity contribution in [3.63, 3.8) is 0 Å². The largest absolute Gasteiger partial charge is 0.284 e. The lowest BCUT2D eigenvalue weighted by atomic mass is 10.1. The summed E-state index contributed by atoms with van der Waals surface area (Å²) in [5.41, 5.74) is 3.36. The monoisotopic (exact) mass is 199 g/mol. The molecule has 1 heterocycles. The first-order chi connectivity index (χ1) is 7.18. The summed E-state index contributed by atoms with van der Waals surface area (Å²) < 4.78 is 1.65.